The Morgan fingerprint density at radius 3 is 2.28 bits per heavy atom. The summed E-state index contributed by atoms with van der Waals surface area (Å²) in [5.41, 5.74) is 1.84. The maximum atomic E-state index is 13.2. The Hall–Kier alpha value is -2.12. The molecule has 0 aromatic heterocycles. The zero-order chi connectivity index (χ0) is 21.0. The minimum Gasteiger partial charge on any atom is -0.494 e. The number of piperazine rings is 1. The van der Waals surface area contributed by atoms with Gasteiger partial charge in [-0.3, -0.25) is 0 Å². The number of nitrogens with zero attached hydrogens (tertiary/aromatic N) is 2. The third-order valence-corrected chi connectivity index (χ3v) is 7.39. The number of hydrogen-bond acceptors (Lipinski definition) is 4. The normalized spacial score (nSPS) is 16.6. The van der Waals surface area contributed by atoms with E-state index >= 15 is 0 Å². The molecule has 29 heavy (non-hydrogen) atoms. The van der Waals surface area contributed by atoms with Crippen molar-refractivity contribution in [3.63, 3.8) is 0 Å². The Balaban J connectivity index is 1.78. The molecule has 2 aromatic rings. The summed E-state index contributed by atoms with van der Waals surface area (Å²) in [7, 11) is -3.58. The predicted octanol–water partition coefficient (Wildman–Crippen LogP) is 4.25. The second kappa shape index (κ2) is 9.13. The van der Waals surface area contributed by atoms with Gasteiger partial charge >= 0.3 is 0 Å². The van der Waals surface area contributed by atoms with E-state index < -0.39 is 10.0 Å². The van der Waals surface area contributed by atoms with E-state index in [1.165, 1.54) is 16.4 Å². The summed E-state index contributed by atoms with van der Waals surface area (Å²) >= 11 is 0. The summed E-state index contributed by atoms with van der Waals surface area (Å²) < 4.78 is 46.8. The number of ether oxygens (including phenoxy) is 1. The van der Waals surface area contributed by atoms with Gasteiger partial charge in [0.25, 0.3) is 0 Å². The second-order valence-electron chi connectivity index (χ2n) is 7.31. The van der Waals surface area contributed by atoms with Gasteiger partial charge in [-0.1, -0.05) is 13.8 Å². The van der Waals surface area contributed by atoms with Gasteiger partial charge in [0.1, 0.15) is 11.6 Å². The van der Waals surface area contributed by atoms with Crippen LogP contribution < -0.4 is 9.64 Å². The van der Waals surface area contributed by atoms with Crippen LogP contribution in [0.1, 0.15) is 38.7 Å². The molecule has 0 radical (unpaired) electrons. The van der Waals surface area contributed by atoms with E-state index in [9.17, 15) is 12.8 Å². The molecule has 1 saturated heterocycles. The van der Waals surface area contributed by atoms with Crippen LogP contribution in [0.5, 0.6) is 5.75 Å². The Morgan fingerprint density at radius 2 is 1.69 bits per heavy atom. The van der Waals surface area contributed by atoms with Crippen LogP contribution in [-0.2, 0) is 10.0 Å². The van der Waals surface area contributed by atoms with E-state index in [1.54, 1.807) is 30.3 Å². The molecule has 0 amide bonds. The standard InChI is InChI=1S/C22H29FN2O3S/c1-4-17(3)21-16-20(10-11-22(21)28-5-2)29(26,27)25-14-12-24(13-15-25)19-8-6-18(23)7-9-19/h6-11,16-17H,4-5,12-15H2,1-3H3/t17-/m1/s1. The molecule has 0 spiro atoms. The van der Waals surface area contributed by atoms with Crippen LogP contribution in [0, 0.1) is 5.82 Å². The van der Waals surface area contributed by atoms with Gasteiger partial charge in [0, 0.05) is 31.9 Å². The highest BCUT2D eigenvalue weighted by molar-refractivity contribution is 7.89. The molecule has 0 bridgehead atoms. The van der Waals surface area contributed by atoms with Crippen LogP contribution in [0.25, 0.3) is 0 Å². The highest BCUT2D eigenvalue weighted by atomic mass is 32.2. The van der Waals surface area contributed by atoms with Crippen molar-refractivity contribution in [3.05, 3.63) is 53.8 Å². The second-order valence-corrected chi connectivity index (χ2v) is 9.25. The number of benzene rings is 2. The molecule has 1 atom stereocenters. The molecule has 2 aromatic carbocycles. The topological polar surface area (TPSA) is 49.9 Å². The van der Waals surface area contributed by atoms with Crippen LogP contribution in [0.15, 0.2) is 47.4 Å². The third kappa shape index (κ3) is 4.73. The zero-order valence-electron chi connectivity index (χ0n) is 17.3. The predicted molar refractivity (Wildman–Crippen MR) is 114 cm³/mol. The van der Waals surface area contributed by atoms with Gasteiger partial charge in [0.05, 0.1) is 11.5 Å². The van der Waals surface area contributed by atoms with Crippen molar-refractivity contribution in [2.24, 2.45) is 0 Å². The van der Waals surface area contributed by atoms with Crippen LogP contribution in [0.4, 0.5) is 10.1 Å². The number of anilines is 1. The molecule has 1 heterocycles. The molecule has 7 heteroatoms. The minimum atomic E-state index is -3.58. The van der Waals surface area contributed by atoms with Crippen molar-refractivity contribution in [3.8, 4) is 5.75 Å². The summed E-state index contributed by atoms with van der Waals surface area (Å²) in [5, 5.41) is 0. The van der Waals surface area contributed by atoms with E-state index in [0.29, 0.717) is 37.7 Å². The molecule has 1 aliphatic heterocycles. The van der Waals surface area contributed by atoms with Crippen molar-refractivity contribution in [2.75, 3.05) is 37.7 Å². The van der Waals surface area contributed by atoms with Crippen molar-refractivity contribution >= 4 is 15.7 Å². The number of sulfonamides is 1. The van der Waals surface area contributed by atoms with Crippen LogP contribution in [-0.4, -0.2) is 45.5 Å². The maximum absolute atomic E-state index is 13.2. The molecule has 5 nitrogen and oxygen atoms in total. The van der Waals surface area contributed by atoms with Gasteiger partial charge < -0.3 is 9.64 Å². The minimum absolute atomic E-state index is 0.210. The quantitative estimate of drug-likeness (QED) is 0.672. The lowest BCUT2D eigenvalue weighted by molar-refractivity contribution is 0.334. The average Bonchev–Trinajstić information content (AvgIpc) is 2.74. The van der Waals surface area contributed by atoms with E-state index in [-0.39, 0.29) is 11.7 Å². The lowest BCUT2D eigenvalue weighted by atomic mass is 9.98. The molecule has 1 aliphatic rings. The number of hydrogen-bond donors (Lipinski definition) is 0. The van der Waals surface area contributed by atoms with Crippen molar-refractivity contribution in [2.45, 2.75) is 38.0 Å². The van der Waals surface area contributed by atoms with Crippen molar-refractivity contribution < 1.29 is 17.5 Å². The summed E-state index contributed by atoms with van der Waals surface area (Å²) in [6.45, 7) is 8.55. The first-order chi connectivity index (χ1) is 13.9. The molecule has 1 fully saturated rings. The Kier molecular flexibility index (Phi) is 6.80. The summed E-state index contributed by atoms with van der Waals surface area (Å²) in [4.78, 5) is 2.39. The fraction of sp³-hybridized carbons (Fsp3) is 0.455. The van der Waals surface area contributed by atoms with E-state index in [4.69, 9.17) is 4.74 Å². The molecule has 0 N–H and O–H groups in total. The molecule has 0 unspecified atom stereocenters. The Bertz CT molecular complexity index is 924. The molecule has 158 valence electrons. The SMILES string of the molecule is CCOc1ccc(S(=O)(=O)N2CCN(c3ccc(F)cc3)CC2)cc1[C@H](C)CC. The Morgan fingerprint density at radius 1 is 1.03 bits per heavy atom. The lowest BCUT2D eigenvalue weighted by Crippen LogP contribution is -2.48. The van der Waals surface area contributed by atoms with Crippen molar-refractivity contribution in [1.29, 1.82) is 0 Å². The van der Waals surface area contributed by atoms with Gasteiger partial charge in [-0.15, -0.1) is 0 Å². The summed E-state index contributed by atoms with van der Waals surface area (Å²) in [5.74, 6) is 0.687. The Labute approximate surface area is 173 Å². The highest BCUT2D eigenvalue weighted by Crippen LogP contribution is 2.32. The molecule has 3 rings (SSSR count). The first kappa shape index (κ1) is 21.6. The smallest absolute Gasteiger partial charge is 0.243 e. The maximum Gasteiger partial charge on any atom is 0.243 e. The molecular weight excluding hydrogens is 391 g/mol. The van der Waals surface area contributed by atoms with Gasteiger partial charge in [-0.2, -0.15) is 4.31 Å². The van der Waals surface area contributed by atoms with Crippen LogP contribution in [0.2, 0.25) is 0 Å². The van der Waals surface area contributed by atoms with E-state index in [0.717, 1.165) is 23.4 Å². The van der Waals surface area contributed by atoms with Crippen LogP contribution >= 0.6 is 0 Å². The largest absolute Gasteiger partial charge is 0.494 e. The fourth-order valence-corrected chi connectivity index (χ4v) is 5.02. The van der Waals surface area contributed by atoms with Gasteiger partial charge in [0.15, 0.2) is 0 Å². The monoisotopic (exact) mass is 420 g/mol. The van der Waals surface area contributed by atoms with Crippen molar-refractivity contribution in [1.82, 2.24) is 4.31 Å². The van der Waals surface area contributed by atoms with Gasteiger partial charge in [-0.25, -0.2) is 12.8 Å². The highest BCUT2D eigenvalue weighted by Gasteiger charge is 2.29. The van der Waals surface area contributed by atoms with E-state index in [2.05, 4.69) is 18.7 Å². The van der Waals surface area contributed by atoms with Crippen LogP contribution in [0.3, 0.4) is 0 Å². The van der Waals surface area contributed by atoms with Gasteiger partial charge in [0.2, 0.25) is 10.0 Å². The fourth-order valence-electron chi connectivity index (χ4n) is 3.57. The summed E-state index contributed by atoms with van der Waals surface area (Å²) in [6, 6.07) is 11.5. The van der Waals surface area contributed by atoms with Gasteiger partial charge in [-0.05, 0) is 67.3 Å². The first-order valence-corrected chi connectivity index (χ1v) is 11.6. The molecule has 0 aliphatic carbocycles. The first-order valence-electron chi connectivity index (χ1n) is 10.1. The molecular formula is C22H29FN2O3S. The lowest BCUT2D eigenvalue weighted by Gasteiger charge is -2.35. The average molecular weight is 421 g/mol. The molecule has 0 saturated carbocycles. The summed E-state index contributed by atoms with van der Waals surface area (Å²) in [6.07, 6.45) is 0.903. The van der Waals surface area contributed by atoms with E-state index in [1.807, 2.05) is 6.92 Å². The zero-order valence-corrected chi connectivity index (χ0v) is 18.1. The number of rotatable bonds is 7. The third-order valence-electron chi connectivity index (χ3n) is 5.49. The number of halogens is 1.